The molecule has 3 aromatic rings. The molecule has 0 bridgehead atoms. The van der Waals surface area contributed by atoms with Gasteiger partial charge in [-0.15, -0.1) is 0 Å². The number of fused-ring (bicyclic) bond motifs is 1. The Bertz CT molecular complexity index is 716. The third-order valence-electron chi connectivity index (χ3n) is 3.32. The van der Waals surface area contributed by atoms with Crippen molar-refractivity contribution in [3.63, 3.8) is 0 Å². The summed E-state index contributed by atoms with van der Waals surface area (Å²) in [4.78, 5) is 4.53. The van der Waals surface area contributed by atoms with Gasteiger partial charge in [0.15, 0.2) is 0 Å². The minimum Gasteiger partial charge on any atom is -0.497 e. The molecule has 2 heterocycles. The van der Waals surface area contributed by atoms with Crippen LogP contribution in [0.1, 0.15) is 17.1 Å². The van der Waals surface area contributed by atoms with Crippen molar-refractivity contribution in [3.8, 4) is 5.75 Å². The van der Waals surface area contributed by atoms with Crippen LogP contribution in [0, 0.1) is 6.92 Å². The number of benzene rings is 1. The SMILES string of the molecule is COc1cccc(Cc2ncc3cccc(C)n23)c1. The number of nitrogens with zero attached hydrogens (tertiary/aromatic N) is 2. The minimum atomic E-state index is 0.802. The molecule has 0 aliphatic carbocycles. The third-order valence-corrected chi connectivity index (χ3v) is 3.32. The standard InChI is InChI=1S/C16H16N2O/c1-12-5-3-7-14-11-17-16(18(12)14)10-13-6-4-8-15(9-13)19-2/h3-9,11H,10H2,1-2H3. The van der Waals surface area contributed by atoms with Crippen LogP contribution in [0.15, 0.2) is 48.7 Å². The van der Waals surface area contributed by atoms with Gasteiger partial charge in [-0.3, -0.25) is 0 Å². The van der Waals surface area contributed by atoms with E-state index in [-0.39, 0.29) is 0 Å². The second kappa shape index (κ2) is 4.76. The molecule has 0 saturated heterocycles. The van der Waals surface area contributed by atoms with E-state index in [0.29, 0.717) is 0 Å². The predicted octanol–water partition coefficient (Wildman–Crippen LogP) is 3.24. The van der Waals surface area contributed by atoms with E-state index in [1.807, 2.05) is 18.3 Å². The van der Waals surface area contributed by atoms with Gasteiger partial charge in [0, 0.05) is 12.1 Å². The highest BCUT2D eigenvalue weighted by Crippen LogP contribution is 2.17. The molecular formula is C16H16N2O. The molecule has 0 saturated carbocycles. The fourth-order valence-corrected chi connectivity index (χ4v) is 2.38. The van der Waals surface area contributed by atoms with Crippen molar-refractivity contribution < 1.29 is 4.74 Å². The number of aromatic nitrogens is 2. The van der Waals surface area contributed by atoms with Crippen molar-refractivity contribution in [2.24, 2.45) is 0 Å². The van der Waals surface area contributed by atoms with Gasteiger partial charge >= 0.3 is 0 Å². The molecule has 2 aromatic heterocycles. The molecule has 0 unspecified atom stereocenters. The average molecular weight is 252 g/mol. The number of hydrogen-bond donors (Lipinski definition) is 0. The lowest BCUT2D eigenvalue weighted by molar-refractivity contribution is 0.414. The molecule has 0 atom stereocenters. The molecule has 1 aromatic carbocycles. The van der Waals surface area contributed by atoms with Crippen LogP contribution >= 0.6 is 0 Å². The van der Waals surface area contributed by atoms with Gasteiger partial charge < -0.3 is 9.14 Å². The molecule has 0 spiro atoms. The first-order chi connectivity index (χ1) is 9.28. The van der Waals surface area contributed by atoms with E-state index in [1.165, 1.54) is 11.3 Å². The Kier molecular flexibility index (Phi) is 2.95. The lowest BCUT2D eigenvalue weighted by Crippen LogP contribution is -1.99. The van der Waals surface area contributed by atoms with Crippen molar-refractivity contribution in [1.82, 2.24) is 9.38 Å². The lowest BCUT2D eigenvalue weighted by Gasteiger charge is -2.06. The first-order valence-corrected chi connectivity index (χ1v) is 6.33. The first kappa shape index (κ1) is 11.8. The van der Waals surface area contributed by atoms with Crippen LogP contribution in [0.2, 0.25) is 0 Å². The molecule has 0 amide bonds. The Morgan fingerprint density at radius 2 is 2.00 bits per heavy atom. The van der Waals surface area contributed by atoms with Gasteiger partial charge in [0.25, 0.3) is 0 Å². The van der Waals surface area contributed by atoms with Gasteiger partial charge in [0.2, 0.25) is 0 Å². The van der Waals surface area contributed by atoms with Crippen LogP contribution in [0.4, 0.5) is 0 Å². The summed E-state index contributed by atoms with van der Waals surface area (Å²) in [7, 11) is 1.69. The van der Waals surface area contributed by atoms with Crippen LogP contribution in [-0.4, -0.2) is 16.5 Å². The Labute approximate surface area is 112 Å². The monoisotopic (exact) mass is 252 g/mol. The second-order valence-electron chi connectivity index (χ2n) is 4.63. The number of imidazole rings is 1. The topological polar surface area (TPSA) is 26.5 Å². The van der Waals surface area contributed by atoms with Crippen LogP contribution in [-0.2, 0) is 6.42 Å². The lowest BCUT2D eigenvalue weighted by atomic mass is 10.1. The summed E-state index contributed by atoms with van der Waals surface area (Å²) in [6.07, 6.45) is 2.72. The number of pyridine rings is 1. The Morgan fingerprint density at radius 1 is 1.16 bits per heavy atom. The van der Waals surface area contributed by atoms with E-state index in [4.69, 9.17) is 4.74 Å². The molecule has 0 radical (unpaired) electrons. The van der Waals surface area contributed by atoms with E-state index >= 15 is 0 Å². The highest BCUT2D eigenvalue weighted by atomic mass is 16.5. The van der Waals surface area contributed by atoms with Crippen LogP contribution in [0.5, 0.6) is 5.75 Å². The quantitative estimate of drug-likeness (QED) is 0.715. The summed E-state index contributed by atoms with van der Waals surface area (Å²) in [6.45, 7) is 2.10. The highest BCUT2D eigenvalue weighted by molar-refractivity contribution is 5.48. The number of aryl methyl sites for hydroxylation is 1. The first-order valence-electron chi connectivity index (χ1n) is 6.33. The molecule has 96 valence electrons. The van der Waals surface area contributed by atoms with Gasteiger partial charge in [0.05, 0.1) is 18.8 Å². The zero-order chi connectivity index (χ0) is 13.2. The van der Waals surface area contributed by atoms with Gasteiger partial charge in [-0.1, -0.05) is 18.2 Å². The van der Waals surface area contributed by atoms with Crippen LogP contribution in [0.3, 0.4) is 0 Å². The summed E-state index contributed by atoms with van der Waals surface area (Å²) < 4.78 is 7.45. The largest absolute Gasteiger partial charge is 0.497 e. The summed E-state index contributed by atoms with van der Waals surface area (Å²) in [5.74, 6) is 1.94. The van der Waals surface area contributed by atoms with Gasteiger partial charge in [-0.05, 0) is 36.8 Å². The second-order valence-corrected chi connectivity index (χ2v) is 4.63. The molecule has 0 aliphatic rings. The maximum Gasteiger partial charge on any atom is 0.119 e. The van der Waals surface area contributed by atoms with E-state index in [1.54, 1.807) is 7.11 Å². The van der Waals surface area contributed by atoms with Crippen molar-refractivity contribution >= 4 is 5.52 Å². The Morgan fingerprint density at radius 3 is 2.84 bits per heavy atom. The molecule has 0 fully saturated rings. The number of ether oxygens (including phenoxy) is 1. The fraction of sp³-hybridized carbons (Fsp3) is 0.188. The normalized spacial score (nSPS) is 10.8. The molecular weight excluding hydrogens is 236 g/mol. The van der Waals surface area contributed by atoms with Crippen molar-refractivity contribution in [1.29, 1.82) is 0 Å². The predicted molar refractivity (Wildman–Crippen MR) is 75.7 cm³/mol. The summed E-state index contributed by atoms with van der Waals surface area (Å²) in [5, 5.41) is 0. The minimum absolute atomic E-state index is 0.802. The van der Waals surface area contributed by atoms with E-state index in [2.05, 4.69) is 46.6 Å². The third kappa shape index (κ3) is 2.19. The number of hydrogen-bond acceptors (Lipinski definition) is 2. The molecule has 3 rings (SSSR count). The zero-order valence-electron chi connectivity index (χ0n) is 11.1. The van der Waals surface area contributed by atoms with Crippen molar-refractivity contribution in [2.75, 3.05) is 7.11 Å². The average Bonchev–Trinajstić information content (AvgIpc) is 2.84. The maximum atomic E-state index is 5.26. The van der Waals surface area contributed by atoms with E-state index in [9.17, 15) is 0 Å². The summed E-state index contributed by atoms with van der Waals surface area (Å²) >= 11 is 0. The molecule has 0 aliphatic heterocycles. The van der Waals surface area contributed by atoms with Crippen LogP contribution in [0.25, 0.3) is 5.52 Å². The maximum absolute atomic E-state index is 5.26. The van der Waals surface area contributed by atoms with Crippen molar-refractivity contribution in [2.45, 2.75) is 13.3 Å². The Hall–Kier alpha value is -2.29. The van der Waals surface area contributed by atoms with Crippen LogP contribution < -0.4 is 4.74 Å². The smallest absolute Gasteiger partial charge is 0.119 e. The number of methoxy groups -OCH3 is 1. The number of rotatable bonds is 3. The van der Waals surface area contributed by atoms with E-state index in [0.717, 1.165) is 23.5 Å². The summed E-state index contributed by atoms with van der Waals surface area (Å²) in [6, 6.07) is 14.4. The Balaban J connectivity index is 2.01. The summed E-state index contributed by atoms with van der Waals surface area (Å²) in [5.41, 5.74) is 3.54. The molecule has 19 heavy (non-hydrogen) atoms. The molecule has 3 nitrogen and oxygen atoms in total. The molecule has 3 heteroatoms. The highest BCUT2D eigenvalue weighted by Gasteiger charge is 2.06. The van der Waals surface area contributed by atoms with Gasteiger partial charge in [-0.2, -0.15) is 0 Å². The van der Waals surface area contributed by atoms with Gasteiger partial charge in [0.1, 0.15) is 11.6 Å². The molecule has 0 N–H and O–H groups in total. The fourth-order valence-electron chi connectivity index (χ4n) is 2.38. The van der Waals surface area contributed by atoms with E-state index < -0.39 is 0 Å². The zero-order valence-corrected chi connectivity index (χ0v) is 11.1. The van der Waals surface area contributed by atoms with Crippen molar-refractivity contribution in [3.05, 3.63) is 65.7 Å². The van der Waals surface area contributed by atoms with Gasteiger partial charge in [-0.25, -0.2) is 4.98 Å².